The monoisotopic (exact) mass is 384 g/mol. The number of unbranched alkanes of at least 4 members (excludes halogenated alkanes) is 8. The minimum absolute atomic E-state index is 0. The second-order valence-corrected chi connectivity index (χ2v) is 8.14. The molecule has 0 radical (unpaired) electrons. The summed E-state index contributed by atoms with van der Waals surface area (Å²) in [5, 5.41) is 1.87. The van der Waals surface area contributed by atoms with Gasteiger partial charge in [-0.05, 0) is 35.2 Å². The summed E-state index contributed by atoms with van der Waals surface area (Å²) >= 11 is 0. The van der Waals surface area contributed by atoms with Crippen molar-refractivity contribution < 1.29 is 42.5 Å². The van der Waals surface area contributed by atoms with E-state index in [1.165, 1.54) is 51.0 Å². The molecule has 2 rings (SSSR count). The standard InChI is InChI=1S/C21H30O3S.Na/c1-2-3-4-5-6-7-8-9-10-15-20-19-14-12-11-13-18(19)16-17-21(20)25(22,23)24;/h11-14,16-17H,2-10,15H2,1H3,(H,22,23,24);/q;+1/p-1. The summed E-state index contributed by atoms with van der Waals surface area (Å²) in [6.07, 6.45) is 11.6. The molecule has 2 aromatic rings. The van der Waals surface area contributed by atoms with Crippen molar-refractivity contribution in [3.63, 3.8) is 0 Å². The average Bonchev–Trinajstić information content (AvgIpc) is 2.59. The van der Waals surface area contributed by atoms with E-state index in [9.17, 15) is 13.0 Å². The summed E-state index contributed by atoms with van der Waals surface area (Å²) < 4.78 is 34.8. The topological polar surface area (TPSA) is 57.2 Å². The van der Waals surface area contributed by atoms with Gasteiger partial charge in [0, 0.05) is 0 Å². The predicted molar refractivity (Wildman–Crippen MR) is 103 cm³/mol. The Labute approximate surface area is 180 Å². The molecule has 0 spiro atoms. The van der Waals surface area contributed by atoms with Gasteiger partial charge in [0.25, 0.3) is 0 Å². The van der Waals surface area contributed by atoms with E-state index >= 15 is 0 Å². The van der Waals surface area contributed by atoms with E-state index in [1.54, 1.807) is 6.07 Å². The van der Waals surface area contributed by atoms with E-state index in [2.05, 4.69) is 6.92 Å². The summed E-state index contributed by atoms with van der Waals surface area (Å²) in [6.45, 7) is 2.23. The van der Waals surface area contributed by atoms with Gasteiger partial charge in [-0.3, -0.25) is 0 Å². The quantitative estimate of drug-likeness (QED) is 0.340. The van der Waals surface area contributed by atoms with Crippen molar-refractivity contribution in [3.8, 4) is 0 Å². The van der Waals surface area contributed by atoms with Crippen LogP contribution in [0.5, 0.6) is 0 Å². The first-order chi connectivity index (χ1) is 12.0. The molecule has 0 aliphatic rings. The van der Waals surface area contributed by atoms with Gasteiger partial charge < -0.3 is 4.55 Å². The van der Waals surface area contributed by atoms with Crippen molar-refractivity contribution in [2.24, 2.45) is 0 Å². The SMILES string of the molecule is CCCCCCCCCCCc1c(S(=O)(=O)[O-])ccc2ccccc12.[Na+]. The van der Waals surface area contributed by atoms with Crippen LogP contribution < -0.4 is 29.6 Å². The minimum atomic E-state index is -4.44. The van der Waals surface area contributed by atoms with Crippen LogP contribution in [-0.4, -0.2) is 13.0 Å². The molecule has 2 aromatic carbocycles. The molecule has 0 heterocycles. The Balaban J connectivity index is 0.00000338. The molecule has 0 saturated carbocycles. The van der Waals surface area contributed by atoms with E-state index in [0.29, 0.717) is 12.0 Å². The van der Waals surface area contributed by atoms with Crippen LogP contribution in [0.2, 0.25) is 0 Å². The zero-order chi connectivity index (χ0) is 18.1. The van der Waals surface area contributed by atoms with Gasteiger partial charge in [-0.1, -0.05) is 88.6 Å². The van der Waals surface area contributed by atoms with Crippen molar-refractivity contribution >= 4 is 20.9 Å². The molecule has 0 bridgehead atoms. The van der Waals surface area contributed by atoms with Gasteiger partial charge in [-0.15, -0.1) is 0 Å². The number of hydrogen-bond acceptors (Lipinski definition) is 3. The van der Waals surface area contributed by atoms with Gasteiger partial charge in [0.05, 0.1) is 4.90 Å². The van der Waals surface area contributed by atoms with Crippen LogP contribution in [0, 0.1) is 0 Å². The Bertz CT molecular complexity index is 772. The van der Waals surface area contributed by atoms with Crippen molar-refractivity contribution in [2.75, 3.05) is 0 Å². The second kappa shape index (κ2) is 12.1. The molecular formula is C21H29NaO3S. The van der Waals surface area contributed by atoms with Crippen molar-refractivity contribution in [1.82, 2.24) is 0 Å². The summed E-state index contributed by atoms with van der Waals surface area (Å²) in [5.74, 6) is 0. The molecule has 5 heteroatoms. The smallest absolute Gasteiger partial charge is 0.744 e. The Hall–Kier alpha value is -0.390. The van der Waals surface area contributed by atoms with Crippen LogP contribution in [0.25, 0.3) is 10.8 Å². The molecular weight excluding hydrogens is 355 g/mol. The van der Waals surface area contributed by atoms with Gasteiger partial charge in [0.1, 0.15) is 10.1 Å². The molecule has 0 unspecified atom stereocenters. The fourth-order valence-electron chi connectivity index (χ4n) is 3.42. The largest absolute Gasteiger partial charge is 1.00 e. The van der Waals surface area contributed by atoms with E-state index in [-0.39, 0.29) is 34.5 Å². The van der Waals surface area contributed by atoms with Crippen molar-refractivity contribution in [3.05, 3.63) is 42.0 Å². The van der Waals surface area contributed by atoms with E-state index in [1.807, 2.05) is 24.3 Å². The molecule has 0 aliphatic carbocycles. The number of aryl methyl sites for hydroxylation is 1. The zero-order valence-corrected chi connectivity index (χ0v) is 19.0. The summed E-state index contributed by atoms with van der Waals surface area (Å²) in [4.78, 5) is -0.0502. The van der Waals surface area contributed by atoms with Crippen LogP contribution in [0.4, 0.5) is 0 Å². The summed E-state index contributed by atoms with van der Waals surface area (Å²) in [7, 11) is -4.44. The van der Waals surface area contributed by atoms with Gasteiger partial charge in [-0.25, -0.2) is 8.42 Å². The molecule has 0 fully saturated rings. The Morgan fingerprint density at radius 2 is 1.38 bits per heavy atom. The van der Waals surface area contributed by atoms with Crippen molar-refractivity contribution in [2.45, 2.75) is 76.0 Å². The molecule has 0 aliphatic heterocycles. The van der Waals surface area contributed by atoms with E-state index in [0.717, 1.165) is 23.6 Å². The molecule has 0 N–H and O–H groups in total. The maximum Gasteiger partial charge on any atom is 1.00 e. The van der Waals surface area contributed by atoms with Crippen LogP contribution >= 0.6 is 0 Å². The normalized spacial score (nSPS) is 11.5. The van der Waals surface area contributed by atoms with Gasteiger partial charge >= 0.3 is 29.6 Å². The fraction of sp³-hybridized carbons (Fsp3) is 0.524. The first kappa shape index (κ1) is 23.6. The van der Waals surface area contributed by atoms with Crippen LogP contribution in [0.1, 0.15) is 70.3 Å². The number of benzene rings is 2. The molecule has 138 valence electrons. The molecule has 3 nitrogen and oxygen atoms in total. The summed E-state index contributed by atoms with van der Waals surface area (Å²) in [5.41, 5.74) is 0.691. The third-order valence-electron chi connectivity index (χ3n) is 4.80. The third-order valence-corrected chi connectivity index (χ3v) is 5.72. The number of rotatable bonds is 11. The zero-order valence-electron chi connectivity index (χ0n) is 16.2. The Kier molecular flexibility index (Phi) is 11.0. The number of fused-ring (bicyclic) bond motifs is 1. The van der Waals surface area contributed by atoms with Crippen LogP contribution in [-0.2, 0) is 16.5 Å². The minimum Gasteiger partial charge on any atom is -0.744 e. The molecule has 0 amide bonds. The van der Waals surface area contributed by atoms with Crippen LogP contribution in [0.3, 0.4) is 0 Å². The van der Waals surface area contributed by atoms with E-state index in [4.69, 9.17) is 0 Å². The molecule has 0 atom stereocenters. The van der Waals surface area contributed by atoms with Gasteiger partial charge in [0.2, 0.25) is 0 Å². The summed E-state index contributed by atoms with van der Waals surface area (Å²) in [6, 6.07) is 10.9. The van der Waals surface area contributed by atoms with Gasteiger partial charge in [0.15, 0.2) is 0 Å². The molecule has 0 saturated heterocycles. The van der Waals surface area contributed by atoms with Crippen molar-refractivity contribution in [1.29, 1.82) is 0 Å². The first-order valence-corrected chi connectivity index (χ1v) is 10.9. The fourth-order valence-corrected chi connectivity index (χ4v) is 4.17. The second-order valence-electron chi connectivity index (χ2n) is 6.80. The predicted octanol–water partition coefficient (Wildman–Crippen LogP) is 2.82. The van der Waals surface area contributed by atoms with Gasteiger partial charge in [-0.2, -0.15) is 0 Å². The first-order valence-electron chi connectivity index (χ1n) is 9.50. The Morgan fingerprint density at radius 3 is 2.00 bits per heavy atom. The maximum atomic E-state index is 11.6. The third kappa shape index (κ3) is 7.32. The number of hydrogen-bond donors (Lipinski definition) is 0. The molecule has 0 aromatic heterocycles. The van der Waals surface area contributed by atoms with E-state index < -0.39 is 10.1 Å². The molecule has 26 heavy (non-hydrogen) atoms. The maximum absolute atomic E-state index is 11.6. The van der Waals surface area contributed by atoms with Crippen LogP contribution in [0.15, 0.2) is 41.3 Å². The average molecular weight is 385 g/mol. The Morgan fingerprint density at radius 1 is 0.808 bits per heavy atom.